The largest absolute Gasteiger partial charge is 0.392 e. The van der Waals surface area contributed by atoms with Gasteiger partial charge in [0.25, 0.3) is 5.91 Å². The highest BCUT2D eigenvalue weighted by Gasteiger charge is 2.10. The number of aliphatic hydroxyl groups excluding tert-OH is 1. The second kappa shape index (κ2) is 8.93. The molecule has 30 heavy (non-hydrogen) atoms. The summed E-state index contributed by atoms with van der Waals surface area (Å²) >= 11 is 0. The first-order chi connectivity index (χ1) is 14.7. The first-order valence-electron chi connectivity index (χ1n) is 9.33. The van der Waals surface area contributed by atoms with Crippen molar-refractivity contribution in [2.45, 2.75) is 6.61 Å². The fraction of sp³-hybridized carbons (Fsp3) is 0.0435. The third-order valence-corrected chi connectivity index (χ3v) is 4.43. The Morgan fingerprint density at radius 1 is 0.967 bits per heavy atom. The molecule has 0 spiro atoms. The number of benzene rings is 2. The predicted octanol–water partition coefficient (Wildman–Crippen LogP) is 4.03. The van der Waals surface area contributed by atoms with Crippen molar-refractivity contribution in [2.24, 2.45) is 0 Å². The van der Waals surface area contributed by atoms with Crippen LogP contribution in [-0.4, -0.2) is 26.0 Å². The van der Waals surface area contributed by atoms with Gasteiger partial charge in [0, 0.05) is 46.7 Å². The number of aliphatic hydroxyl groups is 1. The topological polar surface area (TPSA) is 100 Å². The van der Waals surface area contributed by atoms with Gasteiger partial charge in [-0.25, -0.2) is 9.97 Å². The van der Waals surface area contributed by atoms with Gasteiger partial charge in [0.05, 0.1) is 12.3 Å². The molecule has 0 saturated carbocycles. The van der Waals surface area contributed by atoms with Gasteiger partial charge in [0.1, 0.15) is 0 Å². The molecule has 0 saturated heterocycles. The number of rotatable bonds is 6. The van der Waals surface area contributed by atoms with E-state index in [0.29, 0.717) is 28.5 Å². The van der Waals surface area contributed by atoms with Crippen LogP contribution in [0.2, 0.25) is 0 Å². The van der Waals surface area contributed by atoms with Gasteiger partial charge in [-0.1, -0.05) is 24.3 Å². The second-order valence-electron chi connectivity index (χ2n) is 6.48. The highest BCUT2D eigenvalue weighted by Crippen LogP contribution is 2.25. The lowest BCUT2D eigenvalue weighted by Gasteiger charge is -2.13. The van der Waals surface area contributed by atoms with E-state index in [2.05, 4.69) is 25.6 Å². The van der Waals surface area contributed by atoms with E-state index in [1.54, 1.807) is 55.0 Å². The van der Waals surface area contributed by atoms with Gasteiger partial charge in [0.15, 0.2) is 0 Å². The molecule has 0 aliphatic rings. The van der Waals surface area contributed by atoms with E-state index in [0.717, 1.165) is 11.3 Å². The van der Waals surface area contributed by atoms with E-state index in [1.165, 1.54) is 0 Å². The second-order valence-corrected chi connectivity index (χ2v) is 6.48. The Balaban J connectivity index is 1.58. The van der Waals surface area contributed by atoms with E-state index in [-0.39, 0.29) is 12.5 Å². The van der Waals surface area contributed by atoms with Crippen LogP contribution in [0, 0.1) is 0 Å². The van der Waals surface area contributed by atoms with Gasteiger partial charge in [-0.2, -0.15) is 0 Å². The Labute approximate surface area is 173 Å². The summed E-state index contributed by atoms with van der Waals surface area (Å²) < 4.78 is 0. The molecule has 4 aromatic rings. The minimum absolute atomic E-state index is 0.169. The summed E-state index contributed by atoms with van der Waals surface area (Å²) in [5, 5.41) is 15.7. The van der Waals surface area contributed by atoms with Crippen LogP contribution in [0.15, 0.2) is 85.3 Å². The monoisotopic (exact) mass is 397 g/mol. The molecule has 0 fully saturated rings. The van der Waals surface area contributed by atoms with Crippen LogP contribution >= 0.6 is 0 Å². The standard InChI is InChI=1S/C23H19N5O2/c29-15-18-8-9-19(26-22(30)16-5-2-1-3-6-16)13-21(18)28-23-25-12-10-20(27-23)17-7-4-11-24-14-17/h1-14,29H,15H2,(H,26,30)(H,25,27,28). The number of nitrogens with zero attached hydrogens (tertiary/aromatic N) is 3. The van der Waals surface area contributed by atoms with Crippen molar-refractivity contribution in [1.29, 1.82) is 0 Å². The number of aromatic nitrogens is 3. The zero-order valence-corrected chi connectivity index (χ0v) is 16.0. The number of hydrogen-bond donors (Lipinski definition) is 3. The molecule has 148 valence electrons. The number of carbonyl (C=O) groups excluding carboxylic acids is 1. The summed E-state index contributed by atoms with van der Waals surface area (Å²) in [7, 11) is 0. The first kappa shape index (κ1) is 19.2. The van der Waals surface area contributed by atoms with E-state index >= 15 is 0 Å². The fourth-order valence-corrected chi connectivity index (χ4v) is 2.92. The van der Waals surface area contributed by atoms with Crippen LogP contribution in [-0.2, 0) is 6.61 Å². The number of carbonyl (C=O) groups is 1. The van der Waals surface area contributed by atoms with Crippen LogP contribution in [0.3, 0.4) is 0 Å². The summed E-state index contributed by atoms with van der Waals surface area (Å²) in [4.78, 5) is 25.3. The maximum atomic E-state index is 12.4. The molecule has 4 rings (SSSR count). The average Bonchev–Trinajstić information content (AvgIpc) is 2.81. The van der Waals surface area contributed by atoms with Gasteiger partial charge in [0.2, 0.25) is 5.95 Å². The quantitative estimate of drug-likeness (QED) is 0.454. The van der Waals surface area contributed by atoms with E-state index in [9.17, 15) is 9.90 Å². The summed E-state index contributed by atoms with van der Waals surface area (Å²) in [5.41, 5.74) is 4.00. The molecule has 7 heteroatoms. The lowest BCUT2D eigenvalue weighted by atomic mass is 10.1. The van der Waals surface area contributed by atoms with E-state index < -0.39 is 0 Å². The molecule has 0 unspecified atom stereocenters. The molecule has 3 N–H and O–H groups in total. The van der Waals surface area contributed by atoms with Crippen LogP contribution in [0.25, 0.3) is 11.3 Å². The number of pyridine rings is 1. The minimum Gasteiger partial charge on any atom is -0.392 e. The molecular weight excluding hydrogens is 378 g/mol. The van der Waals surface area contributed by atoms with Crippen molar-refractivity contribution in [1.82, 2.24) is 15.0 Å². The SMILES string of the molecule is O=C(Nc1ccc(CO)c(Nc2nccc(-c3cccnc3)n2)c1)c1ccccc1. The van der Waals surface area contributed by atoms with Crippen LogP contribution in [0.4, 0.5) is 17.3 Å². The highest BCUT2D eigenvalue weighted by atomic mass is 16.3. The van der Waals surface area contributed by atoms with Crippen LogP contribution in [0.5, 0.6) is 0 Å². The molecule has 0 radical (unpaired) electrons. The van der Waals surface area contributed by atoms with Gasteiger partial charge in [-0.15, -0.1) is 0 Å². The predicted molar refractivity (Wildman–Crippen MR) is 115 cm³/mol. The molecule has 1 amide bonds. The molecule has 0 atom stereocenters. The summed E-state index contributed by atoms with van der Waals surface area (Å²) in [6, 6.07) is 19.7. The molecule has 7 nitrogen and oxygen atoms in total. The number of nitrogens with one attached hydrogen (secondary N) is 2. The van der Waals surface area contributed by atoms with Gasteiger partial charge in [-0.05, 0) is 42.5 Å². The van der Waals surface area contributed by atoms with Crippen molar-refractivity contribution in [3.63, 3.8) is 0 Å². The number of anilines is 3. The van der Waals surface area contributed by atoms with Crippen LogP contribution < -0.4 is 10.6 Å². The van der Waals surface area contributed by atoms with Gasteiger partial charge >= 0.3 is 0 Å². The van der Waals surface area contributed by atoms with Crippen molar-refractivity contribution in [3.8, 4) is 11.3 Å². The minimum atomic E-state index is -0.215. The lowest BCUT2D eigenvalue weighted by Crippen LogP contribution is -2.12. The number of amides is 1. The molecule has 2 aromatic heterocycles. The van der Waals surface area contributed by atoms with Crippen LogP contribution in [0.1, 0.15) is 15.9 Å². The Hall–Kier alpha value is -4.10. The Morgan fingerprint density at radius 2 is 1.83 bits per heavy atom. The lowest BCUT2D eigenvalue weighted by molar-refractivity contribution is 0.102. The van der Waals surface area contributed by atoms with Crippen molar-refractivity contribution in [3.05, 3.63) is 96.4 Å². The number of hydrogen-bond acceptors (Lipinski definition) is 6. The molecule has 2 heterocycles. The van der Waals surface area contributed by atoms with Crippen molar-refractivity contribution >= 4 is 23.2 Å². The highest BCUT2D eigenvalue weighted by molar-refractivity contribution is 6.04. The smallest absolute Gasteiger partial charge is 0.255 e. The Morgan fingerprint density at radius 3 is 2.60 bits per heavy atom. The molecule has 2 aromatic carbocycles. The summed E-state index contributed by atoms with van der Waals surface area (Å²) in [5.74, 6) is 0.158. The summed E-state index contributed by atoms with van der Waals surface area (Å²) in [6.07, 6.45) is 5.08. The Kier molecular flexibility index (Phi) is 5.73. The van der Waals surface area contributed by atoms with Crippen molar-refractivity contribution < 1.29 is 9.90 Å². The molecule has 0 aliphatic heterocycles. The maximum absolute atomic E-state index is 12.4. The summed E-state index contributed by atoms with van der Waals surface area (Å²) in [6.45, 7) is -0.169. The Bertz CT molecular complexity index is 1150. The normalized spacial score (nSPS) is 10.4. The third kappa shape index (κ3) is 4.48. The van der Waals surface area contributed by atoms with Gasteiger partial charge in [-0.3, -0.25) is 9.78 Å². The fourth-order valence-electron chi connectivity index (χ4n) is 2.92. The van der Waals surface area contributed by atoms with E-state index in [1.807, 2.05) is 30.3 Å². The first-order valence-corrected chi connectivity index (χ1v) is 9.33. The third-order valence-electron chi connectivity index (χ3n) is 4.43. The maximum Gasteiger partial charge on any atom is 0.255 e. The van der Waals surface area contributed by atoms with Crippen molar-refractivity contribution in [2.75, 3.05) is 10.6 Å². The molecule has 0 aliphatic carbocycles. The zero-order valence-electron chi connectivity index (χ0n) is 16.0. The molecular formula is C23H19N5O2. The van der Waals surface area contributed by atoms with E-state index in [4.69, 9.17) is 0 Å². The zero-order chi connectivity index (χ0) is 20.8. The molecule has 0 bridgehead atoms. The average molecular weight is 397 g/mol. The van der Waals surface area contributed by atoms with Gasteiger partial charge < -0.3 is 15.7 Å².